The average molecular weight is 318 g/mol. The van der Waals surface area contributed by atoms with Gasteiger partial charge in [-0.1, -0.05) is 0 Å². The molecule has 6 heteroatoms. The lowest BCUT2D eigenvalue weighted by molar-refractivity contribution is 0.0761. The fourth-order valence-electron chi connectivity index (χ4n) is 3.15. The number of nitrogens with one attached hydrogen (secondary N) is 1. The molecule has 0 aliphatic carbocycles. The minimum atomic E-state index is 0. The largest absolute Gasteiger partial charge is 0.338 e. The second-order valence-electron chi connectivity index (χ2n) is 5.47. The van der Waals surface area contributed by atoms with Crippen molar-refractivity contribution in [1.29, 1.82) is 0 Å². The third-order valence-corrected chi connectivity index (χ3v) is 4.30. The Bertz CT molecular complexity index is 435. The molecule has 2 saturated heterocycles. The van der Waals surface area contributed by atoms with Gasteiger partial charge in [-0.3, -0.25) is 9.78 Å². The van der Waals surface area contributed by atoms with E-state index in [1.165, 1.54) is 12.8 Å². The molecule has 1 aromatic heterocycles. The standard InChI is InChI=1S/C14H19N3O.2ClH/c18-13(12-2-1-6-16-10-12)17-9-5-14(11-17)3-7-15-8-4-14;;/h1-2,6,10,15H,3-5,7-9,11H2;2*1H. The van der Waals surface area contributed by atoms with Crippen LogP contribution >= 0.6 is 24.8 Å². The number of hydrogen-bond donors (Lipinski definition) is 1. The first-order valence-corrected chi connectivity index (χ1v) is 6.69. The van der Waals surface area contributed by atoms with Crippen molar-refractivity contribution in [1.82, 2.24) is 15.2 Å². The Morgan fingerprint density at radius 3 is 2.65 bits per heavy atom. The number of rotatable bonds is 1. The molecular formula is C14H21Cl2N3O. The van der Waals surface area contributed by atoms with E-state index in [2.05, 4.69) is 10.3 Å². The highest BCUT2D eigenvalue weighted by atomic mass is 35.5. The molecule has 1 amide bonds. The van der Waals surface area contributed by atoms with E-state index in [9.17, 15) is 4.79 Å². The van der Waals surface area contributed by atoms with Gasteiger partial charge >= 0.3 is 0 Å². The summed E-state index contributed by atoms with van der Waals surface area (Å²) in [4.78, 5) is 18.4. The molecule has 3 rings (SSSR count). The highest BCUT2D eigenvalue weighted by Gasteiger charge is 2.40. The Labute approximate surface area is 132 Å². The summed E-state index contributed by atoms with van der Waals surface area (Å²) >= 11 is 0. The molecule has 2 aliphatic heterocycles. The Morgan fingerprint density at radius 1 is 1.25 bits per heavy atom. The zero-order chi connectivity index (χ0) is 12.4. The van der Waals surface area contributed by atoms with Crippen LogP contribution in [0.25, 0.3) is 0 Å². The van der Waals surface area contributed by atoms with Gasteiger partial charge in [0.15, 0.2) is 0 Å². The fraction of sp³-hybridized carbons (Fsp3) is 0.571. The van der Waals surface area contributed by atoms with Crippen LogP contribution in [0.4, 0.5) is 0 Å². The molecule has 112 valence electrons. The summed E-state index contributed by atoms with van der Waals surface area (Å²) in [5, 5.41) is 3.40. The summed E-state index contributed by atoms with van der Waals surface area (Å²) in [5.41, 5.74) is 1.09. The molecule has 1 N–H and O–H groups in total. The third-order valence-electron chi connectivity index (χ3n) is 4.30. The maximum Gasteiger partial charge on any atom is 0.255 e. The monoisotopic (exact) mass is 317 g/mol. The number of pyridine rings is 1. The van der Waals surface area contributed by atoms with E-state index >= 15 is 0 Å². The van der Waals surface area contributed by atoms with Crippen molar-refractivity contribution in [3.8, 4) is 0 Å². The minimum absolute atomic E-state index is 0. The van der Waals surface area contributed by atoms with Crippen molar-refractivity contribution in [2.75, 3.05) is 26.2 Å². The lowest BCUT2D eigenvalue weighted by atomic mass is 9.78. The smallest absolute Gasteiger partial charge is 0.255 e. The molecule has 0 unspecified atom stereocenters. The van der Waals surface area contributed by atoms with Crippen molar-refractivity contribution in [3.63, 3.8) is 0 Å². The minimum Gasteiger partial charge on any atom is -0.338 e. The molecule has 4 nitrogen and oxygen atoms in total. The molecule has 1 spiro atoms. The van der Waals surface area contributed by atoms with E-state index in [4.69, 9.17) is 0 Å². The van der Waals surface area contributed by atoms with Crippen LogP contribution in [0.1, 0.15) is 29.6 Å². The first-order chi connectivity index (χ1) is 8.79. The van der Waals surface area contributed by atoms with Crippen LogP contribution in [-0.4, -0.2) is 42.0 Å². The normalized spacial score (nSPS) is 20.1. The number of piperidine rings is 1. The van der Waals surface area contributed by atoms with Gasteiger partial charge in [-0.25, -0.2) is 0 Å². The topological polar surface area (TPSA) is 45.2 Å². The lowest BCUT2D eigenvalue weighted by Gasteiger charge is -2.33. The summed E-state index contributed by atoms with van der Waals surface area (Å²) in [6.45, 7) is 4.00. The number of carbonyl (C=O) groups is 1. The Balaban J connectivity index is 0.000001000. The molecule has 20 heavy (non-hydrogen) atoms. The number of likely N-dealkylation sites (tertiary alicyclic amines) is 1. The molecule has 2 fully saturated rings. The van der Waals surface area contributed by atoms with Crippen molar-refractivity contribution >= 4 is 30.7 Å². The molecule has 0 atom stereocenters. The van der Waals surface area contributed by atoms with Gasteiger partial charge in [-0.05, 0) is 49.9 Å². The van der Waals surface area contributed by atoms with Gasteiger partial charge in [-0.15, -0.1) is 24.8 Å². The quantitative estimate of drug-likeness (QED) is 0.863. The predicted molar refractivity (Wildman–Crippen MR) is 83.8 cm³/mol. The first-order valence-electron chi connectivity index (χ1n) is 6.69. The van der Waals surface area contributed by atoms with Gasteiger partial charge in [0.1, 0.15) is 0 Å². The van der Waals surface area contributed by atoms with E-state index in [1.54, 1.807) is 12.4 Å². The highest BCUT2D eigenvalue weighted by molar-refractivity contribution is 5.94. The number of aromatic nitrogens is 1. The van der Waals surface area contributed by atoms with Crippen LogP contribution in [-0.2, 0) is 0 Å². The zero-order valence-corrected chi connectivity index (χ0v) is 13.0. The second-order valence-corrected chi connectivity index (χ2v) is 5.47. The number of hydrogen-bond acceptors (Lipinski definition) is 3. The van der Waals surface area contributed by atoms with Crippen LogP contribution < -0.4 is 5.32 Å². The Morgan fingerprint density at radius 2 is 2.00 bits per heavy atom. The summed E-state index contributed by atoms with van der Waals surface area (Å²) < 4.78 is 0. The van der Waals surface area contributed by atoms with E-state index < -0.39 is 0 Å². The van der Waals surface area contributed by atoms with Crippen LogP contribution in [0.15, 0.2) is 24.5 Å². The van der Waals surface area contributed by atoms with Crippen molar-refractivity contribution < 1.29 is 4.79 Å². The summed E-state index contributed by atoms with van der Waals surface area (Å²) in [6.07, 6.45) is 6.92. The van der Waals surface area contributed by atoms with Crippen LogP contribution in [0.2, 0.25) is 0 Å². The number of halogens is 2. The number of amides is 1. The maximum atomic E-state index is 12.3. The molecule has 0 aromatic carbocycles. The molecule has 0 radical (unpaired) electrons. The summed E-state index contributed by atoms with van der Waals surface area (Å²) in [6, 6.07) is 3.67. The summed E-state index contributed by atoms with van der Waals surface area (Å²) in [7, 11) is 0. The van der Waals surface area contributed by atoms with Crippen LogP contribution in [0.5, 0.6) is 0 Å². The average Bonchev–Trinajstić information content (AvgIpc) is 2.83. The van der Waals surface area contributed by atoms with Crippen molar-refractivity contribution in [3.05, 3.63) is 30.1 Å². The predicted octanol–water partition coefficient (Wildman–Crippen LogP) is 2.14. The lowest BCUT2D eigenvalue weighted by Crippen LogP contribution is -2.39. The number of nitrogens with zero attached hydrogens (tertiary/aromatic N) is 2. The van der Waals surface area contributed by atoms with E-state index in [0.29, 0.717) is 11.0 Å². The van der Waals surface area contributed by atoms with Crippen LogP contribution in [0.3, 0.4) is 0 Å². The molecule has 0 saturated carbocycles. The van der Waals surface area contributed by atoms with Gasteiger partial charge in [-0.2, -0.15) is 0 Å². The van der Waals surface area contributed by atoms with Gasteiger partial charge in [0.2, 0.25) is 0 Å². The summed E-state index contributed by atoms with van der Waals surface area (Å²) in [5.74, 6) is 0.138. The Hall–Kier alpha value is -0.840. The number of carbonyl (C=O) groups excluding carboxylic acids is 1. The maximum absolute atomic E-state index is 12.3. The molecule has 2 aliphatic rings. The first kappa shape index (κ1) is 17.2. The molecule has 1 aromatic rings. The molecule has 3 heterocycles. The fourth-order valence-corrected chi connectivity index (χ4v) is 3.15. The van der Waals surface area contributed by atoms with E-state index in [1.807, 2.05) is 17.0 Å². The van der Waals surface area contributed by atoms with Gasteiger partial charge in [0, 0.05) is 25.5 Å². The van der Waals surface area contributed by atoms with Crippen LogP contribution in [0, 0.1) is 5.41 Å². The van der Waals surface area contributed by atoms with E-state index in [0.717, 1.165) is 32.6 Å². The van der Waals surface area contributed by atoms with Crippen molar-refractivity contribution in [2.45, 2.75) is 19.3 Å². The molecular weight excluding hydrogens is 297 g/mol. The van der Waals surface area contributed by atoms with E-state index in [-0.39, 0.29) is 30.7 Å². The Kier molecular flexibility index (Phi) is 6.24. The van der Waals surface area contributed by atoms with Gasteiger partial charge in [0.05, 0.1) is 5.56 Å². The van der Waals surface area contributed by atoms with Crippen molar-refractivity contribution in [2.24, 2.45) is 5.41 Å². The molecule has 0 bridgehead atoms. The highest BCUT2D eigenvalue weighted by Crippen LogP contribution is 2.38. The second kappa shape index (κ2) is 7.25. The van der Waals surface area contributed by atoms with Gasteiger partial charge in [0.25, 0.3) is 5.91 Å². The SMILES string of the molecule is Cl.Cl.O=C(c1cccnc1)N1CCC2(CCNCC2)C1. The zero-order valence-electron chi connectivity index (χ0n) is 11.4. The van der Waals surface area contributed by atoms with Gasteiger partial charge < -0.3 is 10.2 Å². The third kappa shape index (κ3) is 3.43.